The molecule has 0 saturated carbocycles. The van der Waals surface area contributed by atoms with Gasteiger partial charge in [0.1, 0.15) is 0 Å². The lowest BCUT2D eigenvalue weighted by Gasteiger charge is -2.37. The van der Waals surface area contributed by atoms with Crippen molar-refractivity contribution in [1.29, 1.82) is 0 Å². The lowest BCUT2D eigenvalue weighted by atomic mass is 9.89. The van der Waals surface area contributed by atoms with E-state index in [-0.39, 0.29) is 11.3 Å². The minimum absolute atomic E-state index is 0.0730. The van der Waals surface area contributed by atoms with Crippen LogP contribution in [0, 0.1) is 5.41 Å². The normalized spacial score (nSPS) is 22.1. The van der Waals surface area contributed by atoms with Crippen molar-refractivity contribution in [3.05, 3.63) is 11.9 Å². The standard InChI is InChI=1S/C11H17N5O2/c1-11(6-18-7-11)5-13-10(17)9-4-16(15-14-9)8-2-12-3-8/h4,8,12H,2-3,5-7H2,1H3,(H,13,17). The maximum atomic E-state index is 11.9. The summed E-state index contributed by atoms with van der Waals surface area (Å²) in [7, 11) is 0. The summed E-state index contributed by atoms with van der Waals surface area (Å²) in [6.07, 6.45) is 1.71. The fourth-order valence-electron chi connectivity index (χ4n) is 1.96. The summed E-state index contributed by atoms with van der Waals surface area (Å²) in [6, 6.07) is 0.330. The molecule has 1 aromatic heterocycles. The van der Waals surface area contributed by atoms with Gasteiger partial charge in [-0.05, 0) is 0 Å². The molecule has 0 spiro atoms. The molecule has 0 aliphatic carbocycles. The van der Waals surface area contributed by atoms with Gasteiger partial charge in [0.15, 0.2) is 5.69 Å². The number of amides is 1. The summed E-state index contributed by atoms with van der Waals surface area (Å²) in [5, 5.41) is 13.9. The van der Waals surface area contributed by atoms with Crippen molar-refractivity contribution in [3.63, 3.8) is 0 Å². The maximum Gasteiger partial charge on any atom is 0.273 e. The Bertz CT molecular complexity index is 450. The van der Waals surface area contributed by atoms with Gasteiger partial charge in [-0.2, -0.15) is 0 Å². The van der Waals surface area contributed by atoms with Crippen molar-refractivity contribution in [1.82, 2.24) is 25.6 Å². The Hall–Kier alpha value is -1.47. The predicted molar refractivity (Wildman–Crippen MR) is 63.2 cm³/mol. The summed E-state index contributed by atoms with van der Waals surface area (Å²) in [5.74, 6) is -0.165. The lowest BCUT2D eigenvalue weighted by molar-refractivity contribution is -0.0978. The van der Waals surface area contributed by atoms with Crippen molar-refractivity contribution < 1.29 is 9.53 Å². The van der Waals surface area contributed by atoms with Crippen LogP contribution in [0.1, 0.15) is 23.5 Å². The smallest absolute Gasteiger partial charge is 0.273 e. The number of hydrogen-bond donors (Lipinski definition) is 2. The summed E-state index contributed by atoms with van der Waals surface area (Å²) in [6.45, 7) is 5.89. The van der Waals surface area contributed by atoms with Gasteiger partial charge in [-0.15, -0.1) is 5.10 Å². The van der Waals surface area contributed by atoms with Gasteiger partial charge in [0.25, 0.3) is 5.91 Å². The largest absolute Gasteiger partial charge is 0.380 e. The average Bonchev–Trinajstić information content (AvgIpc) is 2.70. The monoisotopic (exact) mass is 251 g/mol. The molecular weight excluding hydrogens is 234 g/mol. The second-order valence-electron chi connectivity index (χ2n) is 5.38. The third-order valence-electron chi connectivity index (χ3n) is 3.45. The van der Waals surface area contributed by atoms with Crippen molar-refractivity contribution in [3.8, 4) is 0 Å². The number of aromatic nitrogens is 3. The van der Waals surface area contributed by atoms with Gasteiger partial charge in [0.05, 0.1) is 25.5 Å². The van der Waals surface area contributed by atoms with Crippen LogP contribution in [0.5, 0.6) is 0 Å². The Morgan fingerprint density at radius 2 is 2.44 bits per heavy atom. The number of hydrogen-bond acceptors (Lipinski definition) is 5. The highest BCUT2D eigenvalue weighted by Gasteiger charge is 2.33. The zero-order valence-electron chi connectivity index (χ0n) is 10.3. The van der Waals surface area contributed by atoms with Gasteiger partial charge in [-0.3, -0.25) is 4.79 Å². The van der Waals surface area contributed by atoms with E-state index >= 15 is 0 Å². The fourth-order valence-corrected chi connectivity index (χ4v) is 1.96. The summed E-state index contributed by atoms with van der Waals surface area (Å²) in [4.78, 5) is 11.9. The first-order valence-electron chi connectivity index (χ1n) is 6.15. The second-order valence-corrected chi connectivity index (χ2v) is 5.38. The first kappa shape index (κ1) is 11.6. The van der Waals surface area contributed by atoms with Crippen molar-refractivity contribution >= 4 is 5.91 Å². The molecule has 0 radical (unpaired) electrons. The average molecular weight is 251 g/mol. The third-order valence-corrected chi connectivity index (χ3v) is 3.45. The number of carbonyl (C=O) groups is 1. The molecule has 2 fully saturated rings. The van der Waals surface area contributed by atoms with E-state index in [4.69, 9.17) is 4.74 Å². The molecule has 0 atom stereocenters. The molecule has 2 aliphatic rings. The van der Waals surface area contributed by atoms with Crippen LogP contribution < -0.4 is 10.6 Å². The summed E-state index contributed by atoms with van der Waals surface area (Å²) in [5.41, 5.74) is 0.453. The molecule has 7 nitrogen and oxygen atoms in total. The Kier molecular flexibility index (Phi) is 2.79. The quantitative estimate of drug-likeness (QED) is 0.731. The molecule has 3 rings (SSSR count). The first-order valence-corrected chi connectivity index (χ1v) is 6.15. The van der Waals surface area contributed by atoms with Gasteiger partial charge < -0.3 is 15.4 Å². The SMILES string of the molecule is CC1(CNC(=O)c2cn(C3CNC3)nn2)COC1. The zero-order valence-corrected chi connectivity index (χ0v) is 10.3. The highest BCUT2D eigenvalue weighted by Crippen LogP contribution is 2.25. The lowest BCUT2D eigenvalue weighted by Crippen LogP contribution is -2.48. The number of rotatable bonds is 4. The van der Waals surface area contributed by atoms with Gasteiger partial charge in [0.2, 0.25) is 0 Å². The maximum absolute atomic E-state index is 11.9. The van der Waals surface area contributed by atoms with Crippen molar-refractivity contribution in [2.75, 3.05) is 32.8 Å². The molecule has 1 amide bonds. The van der Waals surface area contributed by atoms with Crippen LogP contribution in [-0.2, 0) is 4.74 Å². The van der Waals surface area contributed by atoms with E-state index in [0.717, 1.165) is 13.1 Å². The Morgan fingerprint density at radius 1 is 1.67 bits per heavy atom. The van der Waals surface area contributed by atoms with Crippen LogP contribution in [0.4, 0.5) is 0 Å². The summed E-state index contributed by atoms with van der Waals surface area (Å²) < 4.78 is 6.89. The molecule has 98 valence electrons. The molecule has 2 N–H and O–H groups in total. The molecule has 7 heteroatoms. The Morgan fingerprint density at radius 3 is 3.00 bits per heavy atom. The van der Waals surface area contributed by atoms with Crippen LogP contribution in [0.3, 0.4) is 0 Å². The van der Waals surface area contributed by atoms with Gasteiger partial charge >= 0.3 is 0 Å². The number of nitrogens with one attached hydrogen (secondary N) is 2. The zero-order chi connectivity index (χ0) is 12.6. The molecule has 0 aromatic carbocycles. The summed E-state index contributed by atoms with van der Waals surface area (Å²) >= 11 is 0. The van der Waals surface area contributed by atoms with Crippen LogP contribution in [0.15, 0.2) is 6.20 Å². The third kappa shape index (κ3) is 2.11. The van der Waals surface area contributed by atoms with Crippen LogP contribution in [-0.4, -0.2) is 53.7 Å². The fraction of sp³-hybridized carbons (Fsp3) is 0.727. The van der Waals surface area contributed by atoms with Gasteiger partial charge in [0, 0.05) is 25.0 Å². The molecule has 18 heavy (non-hydrogen) atoms. The number of nitrogens with zero attached hydrogens (tertiary/aromatic N) is 3. The van der Waals surface area contributed by atoms with Crippen LogP contribution in [0.25, 0.3) is 0 Å². The molecular formula is C11H17N5O2. The highest BCUT2D eigenvalue weighted by molar-refractivity contribution is 5.91. The van der Waals surface area contributed by atoms with Gasteiger partial charge in [-0.25, -0.2) is 4.68 Å². The molecule has 0 unspecified atom stereocenters. The second kappa shape index (κ2) is 4.33. The van der Waals surface area contributed by atoms with E-state index < -0.39 is 0 Å². The molecule has 1 aromatic rings. The predicted octanol–water partition coefficient (Wildman–Crippen LogP) is -0.811. The first-order chi connectivity index (χ1) is 8.66. The van der Waals surface area contributed by atoms with E-state index in [0.29, 0.717) is 31.5 Å². The topological polar surface area (TPSA) is 81.1 Å². The number of carbonyl (C=O) groups excluding carboxylic acids is 1. The van der Waals surface area contributed by atoms with Crippen LogP contribution >= 0.6 is 0 Å². The van der Waals surface area contributed by atoms with Crippen LogP contribution in [0.2, 0.25) is 0 Å². The van der Waals surface area contributed by atoms with Crippen molar-refractivity contribution in [2.24, 2.45) is 5.41 Å². The van der Waals surface area contributed by atoms with E-state index in [1.807, 2.05) is 0 Å². The van der Waals surface area contributed by atoms with E-state index in [9.17, 15) is 4.79 Å². The Labute approximate surface area is 105 Å². The van der Waals surface area contributed by atoms with Crippen molar-refractivity contribution in [2.45, 2.75) is 13.0 Å². The highest BCUT2D eigenvalue weighted by atomic mass is 16.5. The number of ether oxygens (including phenoxy) is 1. The Balaban J connectivity index is 1.56. The minimum Gasteiger partial charge on any atom is -0.380 e. The molecule has 0 bridgehead atoms. The van der Waals surface area contributed by atoms with E-state index in [2.05, 4.69) is 27.9 Å². The van der Waals surface area contributed by atoms with E-state index in [1.165, 1.54) is 0 Å². The van der Waals surface area contributed by atoms with Gasteiger partial charge in [-0.1, -0.05) is 12.1 Å². The molecule has 2 saturated heterocycles. The minimum atomic E-state index is -0.165. The molecule has 2 aliphatic heterocycles. The van der Waals surface area contributed by atoms with E-state index in [1.54, 1.807) is 10.9 Å². The molecule has 3 heterocycles.